The zero-order chi connectivity index (χ0) is 15.6. The quantitative estimate of drug-likeness (QED) is 0.632. The average molecular weight is 291 g/mol. The second kappa shape index (κ2) is 5.74. The van der Waals surface area contributed by atoms with Gasteiger partial charge in [-0.15, -0.1) is 0 Å². The molecule has 1 aliphatic rings. The molecule has 7 nitrogen and oxygen atoms in total. The first kappa shape index (κ1) is 14.7. The molecule has 1 aliphatic heterocycles. The topological polar surface area (TPSA) is 101 Å². The normalized spacial score (nSPS) is 14.8. The summed E-state index contributed by atoms with van der Waals surface area (Å²) in [6, 6.07) is 4.95. The second-order valence-corrected chi connectivity index (χ2v) is 4.50. The van der Waals surface area contributed by atoms with Crippen molar-refractivity contribution in [3.63, 3.8) is 0 Å². The Labute approximate surface area is 120 Å². The lowest BCUT2D eigenvalue weighted by atomic mass is 10.1. The summed E-state index contributed by atoms with van der Waals surface area (Å²) >= 11 is 0. The number of methoxy groups -OCH3 is 1. The molecule has 21 heavy (non-hydrogen) atoms. The fourth-order valence-corrected chi connectivity index (χ4v) is 2.24. The summed E-state index contributed by atoms with van der Waals surface area (Å²) < 4.78 is 4.57. The minimum absolute atomic E-state index is 0.187. The van der Waals surface area contributed by atoms with Crippen molar-refractivity contribution in [2.24, 2.45) is 0 Å². The number of aliphatic carboxylic acids is 1. The van der Waals surface area contributed by atoms with Gasteiger partial charge in [-0.3, -0.25) is 19.3 Å². The van der Waals surface area contributed by atoms with Crippen LogP contribution < -0.4 is 0 Å². The Morgan fingerprint density at radius 2 is 1.71 bits per heavy atom. The van der Waals surface area contributed by atoms with Crippen molar-refractivity contribution in [3.8, 4) is 0 Å². The summed E-state index contributed by atoms with van der Waals surface area (Å²) in [5.41, 5.74) is 0.401. The van der Waals surface area contributed by atoms with E-state index >= 15 is 0 Å². The van der Waals surface area contributed by atoms with Crippen molar-refractivity contribution in [2.75, 3.05) is 7.11 Å². The van der Waals surface area contributed by atoms with Gasteiger partial charge in [-0.05, 0) is 18.6 Å². The number of nitrogens with zero attached hydrogens (tertiary/aromatic N) is 1. The predicted octanol–water partition coefficient (Wildman–Crippen LogP) is 0.689. The monoisotopic (exact) mass is 291 g/mol. The highest BCUT2D eigenvalue weighted by Gasteiger charge is 2.43. The number of ether oxygens (including phenoxy) is 1. The molecule has 0 saturated heterocycles. The summed E-state index contributed by atoms with van der Waals surface area (Å²) in [7, 11) is 1.12. The molecule has 0 radical (unpaired) electrons. The van der Waals surface area contributed by atoms with Gasteiger partial charge in [-0.25, -0.2) is 4.79 Å². The number of hydrogen-bond donors (Lipinski definition) is 1. The van der Waals surface area contributed by atoms with E-state index in [0.717, 1.165) is 12.0 Å². The molecule has 0 bridgehead atoms. The molecule has 2 amide bonds. The van der Waals surface area contributed by atoms with E-state index in [1.54, 1.807) is 12.1 Å². The van der Waals surface area contributed by atoms with Crippen LogP contribution in [0, 0.1) is 0 Å². The van der Waals surface area contributed by atoms with Crippen LogP contribution in [0.25, 0.3) is 0 Å². The SMILES string of the molecule is COC(=O)[C@@H](CCC(=O)O)N1C(=O)c2ccccc2C1=O. The maximum absolute atomic E-state index is 12.3. The first-order chi connectivity index (χ1) is 9.97. The predicted molar refractivity (Wildman–Crippen MR) is 69.6 cm³/mol. The Morgan fingerprint density at radius 1 is 1.19 bits per heavy atom. The molecular weight excluding hydrogens is 278 g/mol. The minimum atomic E-state index is -1.24. The standard InChI is InChI=1S/C14H13NO6/c1-21-14(20)10(6-7-11(16)17)15-12(18)8-4-2-3-5-9(8)13(15)19/h2-5,10H,6-7H2,1H3,(H,16,17)/t10-/m1/s1. The molecule has 0 fully saturated rings. The molecule has 1 aromatic rings. The molecule has 1 heterocycles. The van der Waals surface area contributed by atoms with Crippen molar-refractivity contribution in [1.82, 2.24) is 4.90 Å². The summed E-state index contributed by atoms with van der Waals surface area (Å²) in [6.07, 6.45) is -0.541. The molecular formula is C14H13NO6. The Bertz CT molecular complexity index is 589. The second-order valence-electron chi connectivity index (χ2n) is 4.50. The molecule has 7 heteroatoms. The number of carbonyl (C=O) groups excluding carboxylic acids is 3. The number of carbonyl (C=O) groups is 4. The number of benzene rings is 1. The summed E-state index contributed by atoms with van der Waals surface area (Å²) in [5.74, 6) is -3.17. The van der Waals surface area contributed by atoms with Gasteiger partial charge in [0.1, 0.15) is 6.04 Å². The first-order valence-electron chi connectivity index (χ1n) is 6.24. The van der Waals surface area contributed by atoms with Crippen LogP contribution in [-0.4, -0.2) is 46.9 Å². The van der Waals surface area contributed by atoms with E-state index in [0.29, 0.717) is 0 Å². The van der Waals surface area contributed by atoms with Gasteiger partial charge >= 0.3 is 11.9 Å². The summed E-state index contributed by atoms with van der Waals surface area (Å²) in [4.78, 5) is 47.8. The van der Waals surface area contributed by atoms with Crippen LogP contribution in [0.5, 0.6) is 0 Å². The fraction of sp³-hybridized carbons (Fsp3) is 0.286. The molecule has 1 N–H and O–H groups in total. The van der Waals surface area contributed by atoms with E-state index < -0.39 is 29.8 Å². The Balaban J connectivity index is 2.33. The van der Waals surface area contributed by atoms with Gasteiger partial charge in [0, 0.05) is 6.42 Å². The van der Waals surface area contributed by atoms with E-state index in [-0.39, 0.29) is 24.0 Å². The minimum Gasteiger partial charge on any atom is -0.481 e. The number of amides is 2. The molecule has 0 spiro atoms. The number of hydrogen-bond acceptors (Lipinski definition) is 5. The Kier molecular flexibility index (Phi) is 4.02. The summed E-state index contributed by atoms with van der Waals surface area (Å²) in [6.45, 7) is 0. The Morgan fingerprint density at radius 3 is 2.14 bits per heavy atom. The lowest BCUT2D eigenvalue weighted by Crippen LogP contribution is -2.45. The third-order valence-corrected chi connectivity index (χ3v) is 3.24. The van der Waals surface area contributed by atoms with Gasteiger partial charge < -0.3 is 9.84 Å². The van der Waals surface area contributed by atoms with Crippen LogP contribution in [-0.2, 0) is 14.3 Å². The molecule has 1 atom stereocenters. The molecule has 0 aliphatic carbocycles. The molecule has 2 rings (SSSR count). The van der Waals surface area contributed by atoms with Gasteiger partial charge in [0.15, 0.2) is 0 Å². The van der Waals surface area contributed by atoms with E-state index in [1.807, 2.05) is 0 Å². The molecule has 0 saturated carbocycles. The first-order valence-corrected chi connectivity index (χ1v) is 6.24. The zero-order valence-electron chi connectivity index (χ0n) is 11.2. The maximum Gasteiger partial charge on any atom is 0.329 e. The zero-order valence-corrected chi connectivity index (χ0v) is 11.2. The third kappa shape index (κ3) is 2.62. The van der Waals surface area contributed by atoms with Crippen LogP contribution >= 0.6 is 0 Å². The Hall–Kier alpha value is -2.70. The van der Waals surface area contributed by atoms with E-state index in [2.05, 4.69) is 4.74 Å². The van der Waals surface area contributed by atoms with Crippen LogP contribution in [0.4, 0.5) is 0 Å². The van der Waals surface area contributed by atoms with Gasteiger partial charge in [0.2, 0.25) is 0 Å². The number of carboxylic acid groups (broad SMARTS) is 1. The van der Waals surface area contributed by atoms with Gasteiger partial charge in [0.25, 0.3) is 11.8 Å². The number of imide groups is 1. The van der Waals surface area contributed by atoms with Crippen LogP contribution in [0.2, 0.25) is 0 Å². The molecule has 0 unspecified atom stereocenters. The lowest BCUT2D eigenvalue weighted by molar-refractivity contribution is -0.146. The maximum atomic E-state index is 12.3. The van der Waals surface area contributed by atoms with Crippen molar-refractivity contribution in [1.29, 1.82) is 0 Å². The molecule has 110 valence electrons. The van der Waals surface area contributed by atoms with E-state index in [9.17, 15) is 19.2 Å². The number of rotatable bonds is 5. The van der Waals surface area contributed by atoms with Gasteiger partial charge in [-0.2, -0.15) is 0 Å². The highest BCUT2D eigenvalue weighted by molar-refractivity contribution is 6.22. The van der Waals surface area contributed by atoms with Crippen LogP contribution in [0.15, 0.2) is 24.3 Å². The van der Waals surface area contributed by atoms with Crippen LogP contribution in [0.3, 0.4) is 0 Å². The molecule has 1 aromatic carbocycles. The fourth-order valence-electron chi connectivity index (χ4n) is 2.24. The largest absolute Gasteiger partial charge is 0.481 e. The van der Waals surface area contributed by atoms with E-state index in [4.69, 9.17) is 5.11 Å². The highest BCUT2D eigenvalue weighted by atomic mass is 16.5. The van der Waals surface area contributed by atoms with Crippen molar-refractivity contribution >= 4 is 23.8 Å². The third-order valence-electron chi connectivity index (χ3n) is 3.24. The van der Waals surface area contributed by atoms with Crippen LogP contribution in [0.1, 0.15) is 33.6 Å². The number of carboxylic acids is 1. The highest BCUT2D eigenvalue weighted by Crippen LogP contribution is 2.26. The average Bonchev–Trinajstić information content (AvgIpc) is 2.72. The smallest absolute Gasteiger partial charge is 0.329 e. The van der Waals surface area contributed by atoms with Crippen molar-refractivity contribution in [2.45, 2.75) is 18.9 Å². The van der Waals surface area contributed by atoms with Crippen molar-refractivity contribution < 1.29 is 29.0 Å². The molecule has 0 aromatic heterocycles. The summed E-state index contributed by atoms with van der Waals surface area (Å²) in [5, 5.41) is 8.72. The van der Waals surface area contributed by atoms with Gasteiger partial charge in [-0.1, -0.05) is 12.1 Å². The lowest BCUT2D eigenvalue weighted by Gasteiger charge is -2.23. The van der Waals surface area contributed by atoms with Crippen molar-refractivity contribution in [3.05, 3.63) is 35.4 Å². The van der Waals surface area contributed by atoms with E-state index in [1.165, 1.54) is 12.1 Å². The van der Waals surface area contributed by atoms with Gasteiger partial charge in [0.05, 0.1) is 18.2 Å². The number of fused-ring (bicyclic) bond motifs is 1. The number of esters is 1.